The van der Waals surface area contributed by atoms with Crippen molar-refractivity contribution in [2.45, 2.75) is 13.3 Å². The molecule has 0 radical (unpaired) electrons. The maximum absolute atomic E-state index is 12.3. The molecule has 0 saturated carbocycles. The topological polar surface area (TPSA) is 128 Å². The lowest BCUT2D eigenvalue weighted by molar-refractivity contribution is -0.380. The smallest absolute Gasteiger partial charge is 0.345 e. The number of anilines is 1. The number of aromatic nitrogens is 1. The molecule has 0 saturated heterocycles. The molecule has 9 nitrogen and oxygen atoms in total. The van der Waals surface area contributed by atoms with Crippen molar-refractivity contribution < 1.29 is 22.3 Å². The minimum absolute atomic E-state index is 0.0185. The molecule has 0 aliphatic heterocycles. The summed E-state index contributed by atoms with van der Waals surface area (Å²) in [6.45, 7) is 1.69. The zero-order valence-corrected chi connectivity index (χ0v) is 14.1. The summed E-state index contributed by atoms with van der Waals surface area (Å²) >= 11 is 0.690. The first-order chi connectivity index (χ1) is 11.3. The molecule has 1 amide bonds. The van der Waals surface area contributed by atoms with Crippen molar-refractivity contribution in [3.63, 3.8) is 0 Å². The molecule has 2 aromatic rings. The zero-order chi connectivity index (χ0) is 17.7. The number of hydrogen-bond donors (Lipinski definition) is 1. The van der Waals surface area contributed by atoms with E-state index in [9.17, 15) is 23.3 Å². The monoisotopic (exact) mass is 371 g/mol. The Morgan fingerprint density at radius 1 is 1.42 bits per heavy atom. The minimum Gasteiger partial charge on any atom is -0.382 e. The number of benzene rings is 1. The number of hydrogen-bond acceptors (Lipinski definition) is 8. The lowest BCUT2D eigenvalue weighted by atomic mass is 10.2. The Kier molecular flexibility index (Phi) is 5.46. The fraction of sp³-hybridized carbons (Fsp3) is 0.231. The highest BCUT2D eigenvalue weighted by atomic mass is 32.2. The van der Waals surface area contributed by atoms with Crippen LogP contribution >= 0.6 is 11.3 Å². The van der Waals surface area contributed by atoms with Gasteiger partial charge in [0.05, 0.1) is 16.2 Å². The van der Waals surface area contributed by atoms with Gasteiger partial charge in [0, 0.05) is 0 Å². The third kappa shape index (κ3) is 4.49. The lowest BCUT2D eigenvalue weighted by Gasteiger charge is -2.10. The molecule has 0 aliphatic rings. The number of amides is 1. The van der Waals surface area contributed by atoms with Gasteiger partial charge in [-0.3, -0.25) is 20.2 Å². The quantitative estimate of drug-likeness (QED) is 0.449. The Labute approximate surface area is 141 Å². The van der Waals surface area contributed by atoms with Crippen LogP contribution in [-0.2, 0) is 10.1 Å². The maximum atomic E-state index is 12.3. The van der Waals surface area contributed by atoms with Gasteiger partial charge in [0.2, 0.25) is 0 Å². The van der Waals surface area contributed by atoms with Crippen LogP contribution in [0.15, 0.2) is 30.5 Å². The standard InChI is InChI=1S/C13H13N3O6S2/c1-2-7-24(20,21)22-10-6-4-3-5-9(10)12(17)15-13-14-8-11(23-13)16(18)19/h3-6,8H,2,7H2,1H3,(H,14,15,17). The summed E-state index contributed by atoms with van der Waals surface area (Å²) in [6.07, 6.45) is 1.40. The van der Waals surface area contributed by atoms with Crippen LogP contribution in [0.2, 0.25) is 0 Å². The zero-order valence-electron chi connectivity index (χ0n) is 12.5. The SMILES string of the molecule is CCCS(=O)(=O)Oc1ccccc1C(=O)Nc1ncc([N+](=O)[O-])s1. The van der Waals surface area contributed by atoms with Gasteiger partial charge in [-0.2, -0.15) is 8.42 Å². The number of carbonyl (C=O) groups is 1. The van der Waals surface area contributed by atoms with Crippen molar-refractivity contribution in [1.82, 2.24) is 4.98 Å². The van der Waals surface area contributed by atoms with Crippen molar-refractivity contribution in [2.75, 3.05) is 11.1 Å². The van der Waals surface area contributed by atoms with Gasteiger partial charge in [-0.05, 0) is 29.9 Å². The number of rotatable bonds is 7. The van der Waals surface area contributed by atoms with Crippen LogP contribution in [0.5, 0.6) is 5.75 Å². The van der Waals surface area contributed by atoms with E-state index < -0.39 is 20.9 Å². The van der Waals surface area contributed by atoms with Crippen molar-refractivity contribution in [3.8, 4) is 5.75 Å². The number of carbonyl (C=O) groups excluding carboxylic acids is 1. The fourth-order valence-electron chi connectivity index (χ4n) is 1.73. The van der Waals surface area contributed by atoms with E-state index in [1.54, 1.807) is 13.0 Å². The number of nitrogens with zero attached hydrogens (tertiary/aromatic N) is 2. The Hall–Kier alpha value is -2.53. The molecule has 0 unspecified atom stereocenters. The van der Waals surface area contributed by atoms with Gasteiger partial charge >= 0.3 is 15.1 Å². The second kappa shape index (κ2) is 7.36. The van der Waals surface area contributed by atoms with E-state index in [0.29, 0.717) is 17.8 Å². The highest BCUT2D eigenvalue weighted by molar-refractivity contribution is 7.87. The first-order valence-electron chi connectivity index (χ1n) is 6.75. The molecular formula is C13H13N3O6S2. The highest BCUT2D eigenvalue weighted by Crippen LogP contribution is 2.27. The molecule has 0 bridgehead atoms. The number of thiazole rings is 1. The van der Waals surface area contributed by atoms with E-state index >= 15 is 0 Å². The molecule has 0 aliphatic carbocycles. The van der Waals surface area contributed by atoms with Gasteiger partial charge in [0.1, 0.15) is 6.20 Å². The van der Waals surface area contributed by atoms with Gasteiger partial charge in [0.25, 0.3) is 5.91 Å². The molecule has 11 heteroatoms. The van der Waals surface area contributed by atoms with E-state index in [-0.39, 0.29) is 27.2 Å². The minimum atomic E-state index is -3.80. The second-order valence-corrected chi connectivity index (χ2v) is 7.26. The highest BCUT2D eigenvalue weighted by Gasteiger charge is 2.20. The second-order valence-electron chi connectivity index (χ2n) is 4.56. The largest absolute Gasteiger partial charge is 0.382 e. The van der Waals surface area contributed by atoms with Crippen LogP contribution < -0.4 is 9.50 Å². The summed E-state index contributed by atoms with van der Waals surface area (Å²) in [7, 11) is -3.80. The molecule has 0 spiro atoms. The predicted molar refractivity (Wildman–Crippen MR) is 87.9 cm³/mol. The van der Waals surface area contributed by atoms with Crippen LogP contribution in [0.25, 0.3) is 0 Å². The summed E-state index contributed by atoms with van der Waals surface area (Å²) in [5, 5.41) is 12.8. The Morgan fingerprint density at radius 2 is 2.12 bits per heavy atom. The molecule has 1 aromatic heterocycles. The van der Waals surface area contributed by atoms with E-state index in [1.807, 2.05) is 0 Å². The molecule has 0 fully saturated rings. The first-order valence-corrected chi connectivity index (χ1v) is 9.14. The number of nitrogens with one attached hydrogen (secondary N) is 1. The molecule has 1 N–H and O–H groups in total. The third-order valence-electron chi connectivity index (χ3n) is 2.70. The summed E-state index contributed by atoms with van der Waals surface area (Å²) in [5.74, 6) is -0.974. The molecular weight excluding hydrogens is 358 g/mol. The van der Waals surface area contributed by atoms with Crippen molar-refractivity contribution in [3.05, 3.63) is 46.1 Å². The molecule has 1 aromatic carbocycles. The van der Waals surface area contributed by atoms with Crippen LogP contribution in [0.3, 0.4) is 0 Å². The van der Waals surface area contributed by atoms with Crippen molar-refractivity contribution >= 4 is 37.5 Å². The van der Waals surface area contributed by atoms with Gasteiger partial charge in [0.15, 0.2) is 10.9 Å². The molecule has 24 heavy (non-hydrogen) atoms. The summed E-state index contributed by atoms with van der Waals surface area (Å²) in [6, 6.07) is 5.81. The maximum Gasteiger partial charge on any atom is 0.345 e. The molecule has 1 heterocycles. The normalized spacial score (nSPS) is 11.0. The van der Waals surface area contributed by atoms with Gasteiger partial charge in [-0.15, -0.1) is 0 Å². The van der Waals surface area contributed by atoms with Gasteiger partial charge in [-0.1, -0.05) is 19.1 Å². The average molecular weight is 371 g/mol. The van der Waals surface area contributed by atoms with E-state index in [2.05, 4.69) is 10.3 Å². The average Bonchev–Trinajstić information content (AvgIpc) is 2.96. The summed E-state index contributed by atoms with van der Waals surface area (Å²) in [4.78, 5) is 26.0. The summed E-state index contributed by atoms with van der Waals surface area (Å²) < 4.78 is 28.5. The van der Waals surface area contributed by atoms with Gasteiger partial charge < -0.3 is 4.18 Å². The van der Waals surface area contributed by atoms with Crippen LogP contribution in [-0.4, -0.2) is 30.0 Å². The van der Waals surface area contributed by atoms with Gasteiger partial charge in [-0.25, -0.2) is 4.98 Å². The van der Waals surface area contributed by atoms with E-state index in [4.69, 9.17) is 4.18 Å². The third-order valence-corrected chi connectivity index (χ3v) is 4.90. The van der Waals surface area contributed by atoms with E-state index in [1.165, 1.54) is 18.2 Å². The lowest BCUT2D eigenvalue weighted by Crippen LogP contribution is -2.17. The Bertz CT molecular complexity index is 862. The first kappa shape index (κ1) is 17.8. The van der Waals surface area contributed by atoms with Crippen LogP contribution in [0, 0.1) is 10.1 Å². The number of nitro groups is 1. The summed E-state index contributed by atoms with van der Waals surface area (Å²) in [5.41, 5.74) is -0.0185. The molecule has 0 atom stereocenters. The Balaban J connectivity index is 2.21. The van der Waals surface area contributed by atoms with Crippen LogP contribution in [0.1, 0.15) is 23.7 Å². The predicted octanol–water partition coefficient (Wildman–Crippen LogP) is 2.42. The Morgan fingerprint density at radius 3 is 2.75 bits per heavy atom. The number of para-hydroxylation sites is 1. The van der Waals surface area contributed by atoms with E-state index in [0.717, 1.165) is 6.20 Å². The fourth-order valence-corrected chi connectivity index (χ4v) is 3.36. The van der Waals surface area contributed by atoms with Crippen molar-refractivity contribution in [2.24, 2.45) is 0 Å². The molecule has 2 rings (SSSR count). The van der Waals surface area contributed by atoms with Crippen LogP contribution in [0.4, 0.5) is 10.1 Å². The molecule has 128 valence electrons. The van der Waals surface area contributed by atoms with Crippen molar-refractivity contribution in [1.29, 1.82) is 0 Å².